The molecule has 0 bridgehead atoms. The van der Waals surface area contributed by atoms with Crippen LogP contribution in [-0.2, 0) is 4.79 Å². The van der Waals surface area contributed by atoms with Gasteiger partial charge in [-0.15, -0.1) is 0 Å². The Balaban J connectivity index is 1.88. The molecule has 28 heavy (non-hydrogen) atoms. The minimum Gasteiger partial charge on any atom is -0.493 e. The average molecular weight is 385 g/mol. The Morgan fingerprint density at radius 1 is 1.14 bits per heavy atom. The number of carbonyl (C=O) groups excluding carboxylic acids is 2. The van der Waals surface area contributed by atoms with Gasteiger partial charge in [-0.25, -0.2) is 14.2 Å². The van der Waals surface area contributed by atoms with Crippen molar-refractivity contribution in [2.45, 2.75) is 13.0 Å². The summed E-state index contributed by atoms with van der Waals surface area (Å²) in [5.41, 5.74) is 1.93. The highest BCUT2D eigenvalue weighted by molar-refractivity contribution is 6.06. The van der Waals surface area contributed by atoms with E-state index in [-0.39, 0.29) is 5.91 Å². The van der Waals surface area contributed by atoms with Crippen LogP contribution in [0.5, 0.6) is 11.5 Å². The fourth-order valence-electron chi connectivity index (χ4n) is 3.01. The molecule has 0 aliphatic carbocycles. The van der Waals surface area contributed by atoms with Gasteiger partial charge in [0.15, 0.2) is 11.5 Å². The zero-order valence-electron chi connectivity index (χ0n) is 15.7. The van der Waals surface area contributed by atoms with Gasteiger partial charge in [-0.2, -0.15) is 0 Å². The molecule has 0 aromatic heterocycles. The number of rotatable bonds is 5. The number of urea groups is 1. The molecule has 2 aromatic rings. The van der Waals surface area contributed by atoms with Crippen LogP contribution >= 0.6 is 0 Å². The number of carbonyl (C=O) groups is 2. The topological polar surface area (TPSA) is 89.0 Å². The minimum atomic E-state index is -0.768. The van der Waals surface area contributed by atoms with Crippen LogP contribution in [-0.4, -0.2) is 32.4 Å². The third kappa shape index (κ3) is 3.95. The molecule has 0 radical (unpaired) electrons. The lowest BCUT2D eigenvalue weighted by Gasteiger charge is -2.27. The quantitative estimate of drug-likeness (QED) is 0.827. The van der Waals surface area contributed by atoms with E-state index < -0.39 is 23.8 Å². The maximum atomic E-state index is 13.2. The summed E-state index contributed by atoms with van der Waals surface area (Å²) in [5, 5.41) is 5.50. The van der Waals surface area contributed by atoms with Gasteiger partial charge in [0.25, 0.3) is 0 Å². The molecule has 0 saturated heterocycles. The number of nitrogens with zero attached hydrogens (tertiary/aromatic N) is 1. The molecule has 2 N–H and O–H groups in total. The number of anilines is 1. The van der Waals surface area contributed by atoms with Crippen molar-refractivity contribution in [1.29, 1.82) is 0 Å². The van der Waals surface area contributed by atoms with E-state index in [0.29, 0.717) is 22.7 Å². The first kappa shape index (κ1) is 19.3. The van der Waals surface area contributed by atoms with Crippen molar-refractivity contribution >= 4 is 23.8 Å². The van der Waals surface area contributed by atoms with Crippen LogP contribution in [0.25, 0.3) is 0 Å². The first-order valence-electron chi connectivity index (χ1n) is 8.56. The van der Waals surface area contributed by atoms with Gasteiger partial charge in [0, 0.05) is 18.0 Å². The Morgan fingerprint density at radius 3 is 2.43 bits per heavy atom. The summed E-state index contributed by atoms with van der Waals surface area (Å²) in [6.45, 7) is 1.83. The number of aliphatic imine (C=N–C) groups is 1. The Kier molecular flexibility index (Phi) is 5.58. The Hall–Kier alpha value is -3.42. The van der Waals surface area contributed by atoms with E-state index in [0.717, 1.165) is 5.56 Å². The Bertz CT molecular complexity index is 928. The van der Waals surface area contributed by atoms with E-state index in [4.69, 9.17) is 9.47 Å². The molecule has 8 heteroatoms. The maximum absolute atomic E-state index is 13.2. The monoisotopic (exact) mass is 385 g/mol. The lowest BCUT2D eigenvalue weighted by atomic mass is 9.92. The summed E-state index contributed by atoms with van der Waals surface area (Å²) >= 11 is 0. The molecule has 0 spiro atoms. The number of halogens is 1. The lowest BCUT2D eigenvalue weighted by molar-refractivity contribution is -0.118. The third-order valence-corrected chi connectivity index (χ3v) is 4.51. The van der Waals surface area contributed by atoms with Crippen molar-refractivity contribution in [2.24, 2.45) is 10.9 Å². The minimum absolute atomic E-state index is 0.367. The predicted octanol–water partition coefficient (Wildman–Crippen LogP) is 3.24. The van der Waals surface area contributed by atoms with Crippen LogP contribution in [0.15, 0.2) is 41.4 Å². The smallest absolute Gasteiger partial charge is 0.341 e. The molecule has 1 aliphatic rings. The highest BCUT2D eigenvalue weighted by atomic mass is 19.1. The van der Waals surface area contributed by atoms with E-state index >= 15 is 0 Å². The highest BCUT2D eigenvalue weighted by Crippen LogP contribution is 2.34. The molecule has 146 valence electrons. The lowest BCUT2D eigenvalue weighted by Crippen LogP contribution is -2.42. The number of ether oxygens (including phenoxy) is 2. The number of aryl methyl sites for hydroxylation is 1. The predicted molar refractivity (Wildman–Crippen MR) is 103 cm³/mol. The summed E-state index contributed by atoms with van der Waals surface area (Å²) in [6, 6.07) is 7.82. The highest BCUT2D eigenvalue weighted by Gasteiger charge is 2.33. The van der Waals surface area contributed by atoms with Crippen LogP contribution in [0.1, 0.15) is 17.2 Å². The van der Waals surface area contributed by atoms with Crippen molar-refractivity contribution in [1.82, 2.24) is 5.32 Å². The molecule has 7 nitrogen and oxygen atoms in total. The van der Waals surface area contributed by atoms with Crippen molar-refractivity contribution in [3.05, 3.63) is 53.3 Å². The van der Waals surface area contributed by atoms with E-state index in [1.807, 2.05) is 6.92 Å². The SMILES string of the molecule is COc1cc(C)c(NC(=O)C2C=NC(=O)NC2c2ccc(F)cc2)cc1OC. The summed E-state index contributed by atoms with van der Waals surface area (Å²) in [4.78, 5) is 28.3. The van der Waals surface area contributed by atoms with E-state index in [1.165, 1.54) is 44.7 Å². The fourth-order valence-corrected chi connectivity index (χ4v) is 3.01. The van der Waals surface area contributed by atoms with Crippen LogP contribution in [0.3, 0.4) is 0 Å². The third-order valence-electron chi connectivity index (χ3n) is 4.51. The molecule has 1 heterocycles. The number of nitrogens with one attached hydrogen (secondary N) is 2. The molecular weight excluding hydrogens is 365 g/mol. The number of methoxy groups -OCH3 is 2. The van der Waals surface area contributed by atoms with Crippen molar-refractivity contribution in [3.8, 4) is 11.5 Å². The van der Waals surface area contributed by atoms with Gasteiger partial charge in [-0.1, -0.05) is 12.1 Å². The largest absolute Gasteiger partial charge is 0.493 e. The standard InChI is InChI=1S/C20H20FN3O4/c1-11-8-16(27-2)17(28-3)9-15(11)23-19(25)14-10-22-20(26)24-18(14)12-4-6-13(21)7-5-12/h4-10,14,18H,1-3H3,(H,23,25)(H,24,26). The van der Waals surface area contributed by atoms with Gasteiger partial charge in [0.05, 0.1) is 26.2 Å². The zero-order chi connectivity index (χ0) is 20.3. The zero-order valence-corrected chi connectivity index (χ0v) is 15.7. The van der Waals surface area contributed by atoms with Crippen LogP contribution in [0, 0.1) is 18.7 Å². The molecule has 2 atom stereocenters. The van der Waals surface area contributed by atoms with Gasteiger partial charge in [-0.3, -0.25) is 4.79 Å². The van der Waals surface area contributed by atoms with Gasteiger partial charge >= 0.3 is 6.03 Å². The molecule has 0 saturated carbocycles. The number of hydrogen-bond acceptors (Lipinski definition) is 4. The molecule has 3 amide bonds. The normalized spacial score (nSPS) is 18.4. The molecule has 3 rings (SSSR count). The summed E-state index contributed by atoms with van der Waals surface area (Å²) in [7, 11) is 3.04. The first-order valence-corrected chi connectivity index (χ1v) is 8.56. The average Bonchev–Trinajstić information content (AvgIpc) is 2.69. The number of benzene rings is 2. The maximum Gasteiger partial charge on any atom is 0.341 e. The fraction of sp³-hybridized carbons (Fsp3) is 0.250. The van der Waals surface area contributed by atoms with Crippen LogP contribution < -0.4 is 20.1 Å². The molecule has 2 unspecified atom stereocenters. The van der Waals surface area contributed by atoms with Crippen LogP contribution in [0.4, 0.5) is 14.9 Å². The second-order valence-electron chi connectivity index (χ2n) is 6.29. The second-order valence-corrected chi connectivity index (χ2v) is 6.29. The molecule has 2 aromatic carbocycles. The Morgan fingerprint density at radius 2 is 1.79 bits per heavy atom. The summed E-state index contributed by atoms with van der Waals surface area (Å²) in [5.74, 6) is -0.511. The summed E-state index contributed by atoms with van der Waals surface area (Å²) in [6.07, 6.45) is 1.30. The summed E-state index contributed by atoms with van der Waals surface area (Å²) < 4.78 is 23.8. The molecular formula is C20H20FN3O4. The van der Waals surface area contributed by atoms with Crippen molar-refractivity contribution in [2.75, 3.05) is 19.5 Å². The van der Waals surface area contributed by atoms with E-state index in [2.05, 4.69) is 15.6 Å². The number of amides is 3. The number of hydrogen-bond donors (Lipinski definition) is 2. The van der Waals surface area contributed by atoms with Crippen LogP contribution in [0.2, 0.25) is 0 Å². The molecule has 1 aliphatic heterocycles. The van der Waals surface area contributed by atoms with Crippen molar-refractivity contribution < 1.29 is 23.5 Å². The van der Waals surface area contributed by atoms with Gasteiger partial charge in [0.2, 0.25) is 5.91 Å². The first-order chi connectivity index (χ1) is 13.4. The Labute approximate surface area is 161 Å². The van der Waals surface area contributed by atoms with Gasteiger partial charge in [0.1, 0.15) is 5.82 Å². The van der Waals surface area contributed by atoms with E-state index in [9.17, 15) is 14.0 Å². The second kappa shape index (κ2) is 8.08. The van der Waals surface area contributed by atoms with Crippen molar-refractivity contribution in [3.63, 3.8) is 0 Å². The van der Waals surface area contributed by atoms with Gasteiger partial charge in [-0.05, 0) is 36.2 Å². The van der Waals surface area contributed by atoms with Gasteiger partial charge < -0.3 is 20.1 Å². The van der Waals surface area contributed by atoms with E-state index in [1.54, 1.807) is 12.1 Å². The molecule has 0 fully saturated rings.